The van der Waals surface area contributed by atoms with E-state index in [1.165, 1.54) is 46.5 Å². The fraction of sp³-hybridized carbons (Fsp3) is 0.850. The van der Waals surface area contributed by atoms with E-state index in [-0.39, 0.29) is 13.0 Å². The molecule has 8 nitrogen and oxygen atoms in total. The monoisotopic (exact) mass is 402 g/mol. The zero-order valence-electron chi connectivity index (χ0n) is 17.4. The van der Waals surface area contributed by atoms with Gasteiger partial charge >= 0.3 is 17.9 Å². The van der Waals surface area contributed by atoms with E-state index in [4.69, 9.17) is 23.7 Å². The highest BCUT2D eigenvalue weighted by atomic mass is 16.7. The Morgan fingerprint density at radius 2 is 1.54 bits per heavy atom. The van der Waals surface area contributed by atoms with E-state index in [1.807, 2.05) is 0 Å². The molecular weight excluding hydrogens is 368 g/mol. The van der Waals surface area contributed by atoms with E-state index < -0.39 is 42.5 Å². The predicted octanol–water partition coefficient (Wildman–Crippen LogP) is 2.91. The lowest BCUT2D eigenvalue weighted by Crippen LogP contribution is -2.54. The average Bonchev–Trinajstić information content (AvgIpc) is 2.60. The summed E-state index contributed by atoms with van der Waals surface area (Å²) in [4.78, 5) is 34.1. The lowest BCUT2D eigenvalue weighted by Gasteiger charge is -2.39. The van der Waals surface area contributed by atoms with Crippen LogP contribution < -0.4 is 0 Å². The molecule has 1 aliphatic heterocycles. The first-order valence-electron chi connectivity index (χ1n) is 10.1. The summed E-state index contributed by atoms with van der Waals surface area (Å²) < 4.78 is 27.3. The fourth-order valence-corrected chi connectivity index (χ4v) is 3.10. The van der Waals surface area contributed by atoms with Crippen LogP contribution in [0.4, 0.5) is 0 Å². The molecule has 0 N–H and O–H groups in total. The number of hydrogen-bond acceptors (Lipinski definition) is 8. The van der Waals surface area contributed by atoms with Gasteiger partial charge in [-0.3, -0.25) is 14.4 Å². The molecule has 1 aliphatic rings. The van der Waals surface area contributed by atoms with E-state index in [0.29, 0.717) is 6.61 Å². The molecule has 0 spiro atoms. The Morgan fingerprint density at radius 1 is 0.893 bits per heavy atom. The summed E-state index contributed by atoms with van der Waals surface area (Å²) in [5.41, 5.74) is 0. The van der Waals surface area contributed by atoms with E-state index in [2.05, 4.69) is 6.92 Å². The van der Waals surface area contributed by atoms with Crippen LogP contribution in [0, 0.1) is 0 Å². The van der Waals surface area contributed by atoms with Gasteiger partial charge in [0.15, 0.2) is 12.4 Å². The second-order valence-electron chi connectivity index (χ2n) is 7.00. The largest absolute Gasteiger partial charge is 0.463 e. The number of unbranched alkanes of at least 4 members (excludes halogenated alkanes) is 5. The molecule has 0 bridgehead atoms. The van der Waals surface area contributed by atoms with Crippen LogP contribution in [0.25, 0.3) is 0 Å². The number of rotatable bonds is 12. The summed E-state index contributed by atoms with van der Waals surface area (Å²) >= 11 is 0. The van der Waals surface area contributed by atoms with Gasteiger partial charge in [-0.25, -0.2) is 0 Å². The average molecular weight is 402 g/mol. The summed E-state index contributed by atoms with van der Waals surface area (Å²) in [6.07, 6.45) is 4.05. The molecule has 0 saturated carbocycles. The van der Waals surface area contributed by atoms with Gasteiger partial charge in [0, 0.05) is 33.8 Å². The van der Waals surface area contributed by atoms with Crippen LogP contribution in [-0.4, -0.2) is 55.7 Å². The van der Waals surface area contributed by atoms with E-state index >= 15 is 0 Å². The Bertz CT molecular complexity index is 493. The van der Waals surface area contributed by atoms with Crippen molar-refractivity contribution < 1.29 is 38.1 Å². The zero-order chi connectivity index (χ0) is 20.9. The number of ether oxygens (including phenoxy) is 5. The normalized spacial score (nSPS) is 24.4. The summed E-state index contributed by atoms with van der Waals surface area (Å²) in [6, 6.07) is 0. The van der Waals surface area contributed by atoms with Crippen LogP contribution >= 0.6 is 0 Å². The van der Waals surface area contributed by atoms with Crippen molar-refractivity contribution in [2.75, 3.05) is 13.2 Å². The Hall–Kier alpha value is -1.67. The molecule has 0 radical (unpaired) electrons. The van der Waals surface area contributed by atoms with Crippen LogP contribution in [0.1, 0.15) is 72.6 Å². The highest BCUT2D eigenvalue weighted by Gasteiger charge is 2.44. The van der Waals surface area contributed by atoms with Crippen LogP contribution in [-0.2, 0) is 38.1 Å². The molecular formula is C20H34O8. The molecule has 1 heterocycles. The maximum Gasteiger partial charge on any atom is 0.303 e. The third-order valence-electron chi connectivity index (χ3n) is 4.36. The molecule has 0 unspecified atom stereocenters. The van der Waals surface area contributed by atoms with E-state index in [9.17, 15) is 14.4 Å². The molecule has 0 aromatic heterocycles. The van der Waals surface area contributed by atoms with Gasteiger partial charge in [0.2, 0.25) is 0 Å². The number of carbonyl (C=O) groups excluding carboxylic acids is 3. The van der Waals surface area contributed by atoms with Gasteiger partial charge in [-0.1, -0.05) is 39.0 Å². The molecule has 0 aromatic rings. The van der Waals surface area contributed by atoms with Crippen LogP contribution in [0.3, 0.4) is 0 Å². The van der Waals surface area contributed by atoms with Gasteiger partial charge in [-0.15, -0.1) is 0 Å². The third-order valence-corrected chi connectivity index (χ3v) is 4.36. The molecule has 8 heteroatoms. The van der Waals surface area contributed by atoms with Crippen molar-refractivity contribution >= 4 is 17.9 Å². The number of esters is 3. The summed E-state index contributed by atoms with van der Waals surface area (Å²) in [7, 11) is 0. The smallest absolute Gasteiger partial charge is 0.303 e. The Kier molecular flexibility index (Phi) is 11.7. The molecule has 0 aromatic carbocycles. The van der Waals surface area contributed by atoms with Crippen molar-refractivity contribution in [3.63, 3.8) is 0 Å². The van der Waals surface area contributed by atoms with Crippen molar-refractivity contribution in [1.29, 1.82) is 0 Å². The highest BCUT2D eigenvalue weighted by Crippen LogP contribution is 2.27. The van der Waals surface area contributed by atoms with Gasteiger partial charge in [-0.2, -0.15) is 0 Å². The summed E-state index contributed by atoms with van der Waals surface area (Å²) in [5.74, 6) is -1.51. The molecule has 0 aliphatic carbocycles. The van der Waals surface area contributed by atoms with Gasteiger partial charge in [0.05, 0.1) is 0 Å². The number of carbonyl (C=O) groups is 3. The van der Waals surface area contributed by atoms with Crippen LogP contribution in [0.2, 0.25) is 0 Å². The standard InChI is InChI=1S/C20H34O8/c1-5-6-7-8-9-10-11-24-19-12-17(26-15(3)22)20(27-16(4)23)18(28-19)13-25-14(2)21/h17-20H,5-13H2,1-4H3/t17-,18-,19+,20-/m1/s1. The first-order chi connectivity index (χ1) is 13.3. The van der Waals surface area contributed by atoms with Crippen molar-refractivity contribution in [2.45, 2.75) is 97.2 Å². The van der Waals surface area contributed by atoms with Gasteiger partial charge in [0.25, 0.3) is 0 Å². The maximum atomic E-state index is 11.5. The first kappa shape index (κ1) is 24.4. The molecule has 4 atom stereocenters. The highest BCUT2D eigenvalue weighted by molar-refractivity contribution is 5.67. The number of hydrogen-bond donors (Lipinski definition) is 0. The van der Waals surface area contributed by atoms with Crippen molar-refractivity contribution in [3.8, 4) is 0 Å². The van der Waals surface area contributed by atoms with Gasteiger partial charge in [0.1, 0.15) is 18.8 Å². The molecule has 162 valence electrons. The van der Waals surface area contributed by atoms with Crippen LogP contribution in [0.15, 0.2) is 0 Å². The zero-order valence-corrected chi connectivity index (χ0v) is 17.4. The maximum absolute atomic E-state index is 11.5. The SMILES string of the molecule is CCCCCCCCO[C@@H]1C[C@@H](OC(C)=O)[C@@H](OC(C)=O)[C@@H](COC(C)=O)O1. The molecule has 1 rings (SSSR count). The third kappa shape index (κ3) is 10.0. The van der Waals surface area contributed by atoms with Crippen molar-refractivity contribution in [2.24, 2.45) is 0 Å². The van der Waals surface area contributed by atoms with E-state index in [1.54, 1.807) is 0 Å². The van der Waals surface area contributed by atoms with Crippen molar-refractivity contribution in [3.05, 3.63) is 0 Å². The van der Waals surface area contributed by atoms with E-state index in [0.717, 1.165) is 12.8 Å². The quantitative estimate of drug-likeness (QED) is 0.279. The minimum absolute atomic E-state index is 0.123. The lowest BCUT2D eigenvalue weighted by atomic mass is 10.0. The Labute approximate surface area is 167 Å². The van der Waals surface area contributed by atoms with Gasteiger partial charge in [-0.05, 0) is 6.42 Å². The summed E-state index contributed by atoms with van der Waals surface area (Å²) in [6.45, 7) is 6.39. The lowest BCUT2D eigenvalue weighted by molar-refractivity contribution is -0.266. The Balaban J connectivity index is 2.64. The predicted molar refractivity (Wildman–Crippen MR) is 100 cm³/mol. The molecule has 1 saturated heterocycles. The fourth-order valence-electron chi connectivity index (χ4n) is 3.10. The molecule has 0 amide bonds. The topological polar surface area (TPSA) is 97.4 Å². The molecule has 28 heavy (non-hydrogen) atoms. The second-order valence-corrected chi connectivity index (χ2v) is 7.00. The van der Waals surface area contributed by atoms with Crippen LogP contribution in [0.5, 0.6) is 0 Å². The molecule has 1 fully saturated rings. The second kappa shape index (κ2) is 13.5. The Morgan fingerprint density at radius 3 is 2.14 bits per heavy atom. The minimum atomic E-state index is -0.866. The van der Waals surface area contributed by atoms with Crippen molar-refractivity contribution in [1.82, 2.24) is 0 Å². The summed E-state index contributed by atoms with van der Waals surface area (Å²) in [5, 5.41) is 0. The van der Waals surface area contributed by atoms with Gasteiger partial charge < -0.3 is 23.7 Å². The first-order valence-corrected chi connectivity index (χ1v) is 10.1. The minimum Gasteiger partial charge on any atom is -0.463 e.